The van der Waals surface area contributed by atoms with E-state index in [9.17, 15) is 44.7 Å². The molecular formula is C26H17ClF10N2O3. The Balaban J connectivity index is 2.14. The number of benzene rings is 2. The van der Waals surface area contributed by atoms with E-state index in [1.165, 1.54) is 43.3 Å². The van der Waals surface area contributed by atoms with Crippen LogP contribution < -0.4 is 5.56 Å². The number of fused-ring (bicyclic) bond motifs is 3. The number of esters is 1. The SMILES string of the molecule is CCOC(=O)c1cn2c(c1C(F)(F)C(F)(F)C(F)(F)C(F)(F)C(F)(F)Cl)c(=O)n(Cc1ccccc1)c1ccccc12. The van der Waals surface area contributed by atoms with Gasteiger partial charge in [-0.2, -0.15) is 43.9 Å². The van der Waals surface area contributed by atoms with Crippen LogP contribution in [-0.4, -0.2) is 44.7 Å². The van der Waals surface area contributed by atoms with E-state index in [0.717, 1.165) is 4.57 Å². The molecule has 0 aliphatic rings. The summed E-state index contributed by atoms with van der Waals surface area (Å²) in [6, 6.07) is 13.0. The van der Waals surface area contributed by atoms with Crippen LogP contribution in [0.1, 0.15) is 28.4 Å². The lowest BCUT2D eigenvalue weighted by Gasteiger charge is -2.38. The van der Waals surface area contributed by atoms with Gasteiger partial charge in [0.15, 0.2) is 0 Å². The highest BCUT2D eigenvalue weighted by atomic mass is 35.5. The van der Waals surface area contributed by atoms with Crippen LogP contribution in [0.25, 0.3) is 16.6 Å². The van der Waals surface area contributed by atoms with Crippen LogP contribution in [0, 0.1) is 0 Å². The standard InChI is InChI=1S/C26H17ClF10N2O3/c1-2-42-21(41)15-13-38-16-10-6-7-11-17(16)39(12-14-8-4-3-5-9-14)20(40)19(38)18(15)22(28,29)23(30,31)24(32,33)25(34,35)26(27,36)37/h3-11,13H,2,12H2,1H3. The molecule has 0 saturated carbocycles. The second-order valence-electron chi connectivity index (χ2n) is 9.02. The molecule has 0 aliphatic heterocycles. The summed E-state index contributed by atoms with van der Waals surface area (Å²) in [4.78, 5) is 26.3. The van der Waals surface area contributed by atoms with Gasteiger partial charge in [0.25, 0.3) is 5.56 Å². The Morgan fingerprint density at radius 2 is 1.36 bits per heavy atom. The van der Waals surface area contributed by atoms with Crippen molar-refractivity contribution in [2.24, 2.45) is 0 Å². The number of rotatable bonds is 9. The number of aromatic nitrogens is 2. The fourth-order valence-electron chi connectivity index (χ4n) is 4.37. The van der Waals surface area contributed by atoms with Crippen molar-refractivity contribution in [1.29, 1.82) is 0 Å². The molecule has 5 nitrogen and oxygen atoms in total. The summed E-state index contributed by atoms with van der Waals surface area (Å²) >= 11 is 3.92. The largest absolute Gasteiger partial charge is 0.462 e. The maximum Gasteiger partial charge on any atom is 0.393 e. The van der Waals surface area contributed by atoms with Gasteiger partial charge in [0.1, 0.15) is 5.52 Å². The molecule has 2 aromatic carbocycles. The molecule has 2 heterocycles. The zero-order chi connectivity index (χ0) is 31.5. The molecule has 0 saturated heterocycles. The highest BCUT2D eigenvalue weighted by molar-refractivity contribution is 6.22. The lowest BCUT2D eigenvalue weighted by molar-refractivity contribution is -0.393. The molecule has 4 aromatic rings. The highest BCUT2D eigenvalue weighted by Crippen LogP contribution is 2.61. The van der Waals surface area contributed by atoms with Crippen molar-refractivity contribution in [1.82, 2.24) is 8.97 Å². The molecule has 0 radical (unpaired) electrons. The Kier molecular flexibility index (Phi) is 7.58. The number of nitrogens with zero attached hydrogens (tertiary/aromatic N) is 2. The van der Waals surface area contributed by atoms with Crippen LogP contribution in [0.15, 0.2) is 65.6 Å². The normalized spacial score (nSPS) is 13.6. The van der Waals surface area contributed by atoms with Gasteiger partial charge in [0.05, 0.1) is 35.3 Å². The Labute approximate surface area is 233 Å². The maximum absolute atomic E-state index is 15.7. The van der Waals surface area contributed by atoms with Gasteiger partial charge in [0, 0.05) is 6.20 Å². The molecule has 0 aliphatic carbocycles. The summed E-state index contributed by atoms with van der Waals surface area (Å²) in [5.74, 6) is -30.5. The molecule has 0 N–H and O–H groups in total. The fourth-order valence-corrected chi connectivity index (χ4v) is 4.49. The Bertz CT molecular complexity index is 1710. The number of hydrogen-bond acceptors (Lipinski definition) is 3. The lowest BCUT2D eigenvalue weighted by atomic mass is 9.92. The summed E-state index contributed by atoms with van der Waals surface area (Å²) in [6.45, 7) is 0.225. The monoisotopic (exact) mass is 630 g/mol. The Morgan fingerprint density at radius 3 is 1.90 bits per heavy atom. The van der Waals surface area contributed by atoms with Gasteiger partial charge in [-0.15, -0.1) is 0 Å². The third-order valence-corrected chi connectivity index (χ3v) is 6.65. The van der Waals surface area contributed by atoms with Crippen molar-refractivity contribution in [3.8, 4) is 0 Å². The third kappa shape index (κ3) is 4.48. The summed E-state index contributed by atoms with van der Waals surface area (Å²) in [6.07, 6.45) is 0.412. The van der Waals surface area contributed by atoms with Crippen LogP contribution in [0.5, 0.6) is 0 Å². The molecule has 0 bridgehead atoms. The second-order valence-corrected chi connectivity index (χ2v) is 9.49. The first-order chi connectivity index (χ1) is 19.3. The van der Waals surface area contributed by atoms with E-state index in [-0.39, 0.29) is 17.6 Å². The minimum Gasteiger partial charge on any atom is -0.462 e. The zero-order valence-corrected chi connectivity index (χ0v) is 21.7. The van der Waals surface area contributed by atoms with Crippen LogP contribution in [0.2, 0.25) is 0 Å². The molecule has 2 aromatic heterocycles. The summed E-state index contributed by atoms with van der Waals surface area (Å²) < 4.78 is 150. The molecule has 0 amide bonds. The number of hydrogen-bond donors (Lipinski definition) is 0. The number of ether oxygens (including phenoxy) is 1. The van der Waals surface area contributed by atoms with Crippen LogP contribution in [0.4, 0.5) is 43.9 Å². The predicted octanol–water partition coefficient (Wildman–Crippen LogP) is 7.31. The van der Waals surface area contributed by atoms with Crippen molar-refractivity contribution in [3.63, 3.8) is 0 Å². The molecule has 4 rings (SSSR count). The quantitative estimate of drug-likeness (QED) is 0.111. The molecule has 226 valence electrons. The van der Waals surface area contributed by atoms with E-state index in [1.54, 1.807) is 18.2 Å². The molecular weight excluding hydrogens is 614 g/mol. The average Bonchev–Trinajstić information content (AvgIpc) is 3.33. The third-order valence-electron chi connectivity index (χ3n) is 6.42. The van der Waals surface area contributed by atoms with Crippen LogP contribution in [-0.2, 0) is 17.2 Å². The van der Waals surface area contributed by atoms with Gasteiger partial charge in [-0.3, -0.25) is 4.79 Å². The molecule has 16 heteroatoms. The van der Waals surface area contributed by atoms with Gasteiger partial charge in [-0.05, 0) is 36.2 Å². The summed E-state index contributed by atoms with van der Waals surface area (Å²) in [5.41, 5.74) is -6.81. The number of alkyl halides is 11. The number of para-hydroxylation sites is 2. The van der Waals surface area contributed by atoms with E-state index in [0.29, 0.717) is 16.2 Å². The first-order valence-electron chi connectivity index (χ1n) is 11.8. The van der Waals surface area contributed by atoms with Gasteiger partial charge in [-0.25, -0.2) is 4.79 Å². The van der Waals surface area contributed by atoms with E-state index < -0.39 is 63.9 Å². The van der Waals surface area contributed by atoms with Crippen molar-refractivity contribution in [2.45, 2.75) is 42.5 Å². The maximum atomic E-state index is 15.7. The minimum atomic E-state index is -7.52. The number of carbonyl (C=O) groups excluding carboxylic acids is 1. The predicted molar refractivity (Wildman–Crippen MR) is 130 cm³/mol. The Morgan fingerprint density at radius 1 is 0.810 bits per heavy atom. The average molecular weight is 631 g/mol. The summed E-state index contributed by atoms with van der Waals surface area (Å²) in [7, 11) is 0. The minimum absolute atomic E-state index is 0.00420. The van der Waals surface area contributed by atoms with Crippen molar-refractivity contribution >= 4 is 34.1 Å². The van der Waals surface area contributed by atoms with E-state index >= 15 is 8.78 Å². The smallest absolute Gasteiger partial charge is 0.393 e. The lowest BCUT2D eigenvalue weighted by Crippen LogP contribution is -2.65. The van der Waals surface area contributed by atoms with Gasteiger partial charge in [0.2, 0.25) is 0 Å². The highest BCUT2D eigenvalue weighted by Gasteiger charge is 2.86. The van der Waals surface area contributed by atoms with E-state index in [1.807, 2.05) is 0 Å². The van der Waals surface area contributed by atoms with Crippen molar-refractivity contribution in [3.05, 3.63) is 87.8 Å². The fraction of sp³-hybridized carbons (Fsp3) is 0.308. The Hall–Kier alpha value is -3.75. The van der Waals surface area contributed by atoms with E-state index in [2.05, 4.69) is 16.3 Å². The van der Waals surface area contributed by atoms with Gasteiger partial charge < -0.3 is 13.7 Å². The second kappa shape index (κ2) is 10.2. The molecule has 42 heavy (non-hydrogen) atoms. The van der Waals surface area contributed by atoms with Gasteiger partial charge in [-0.1, -0.05) is 42.5 Å². The van der Waals surface area contributed by atoms with Crippen molar-refractivity contribution < 1.29 is 53.4 Å². The summed E-state index contributed by atoms with van der Waals surface area (Å²) in [5, 5.41) is -6.42. The van der Waals surface area contributed by atoms with Crippen LogP contribution >= 0.6 is 11.6 Å². The zero-order valence-electron chi connectivity index (χ0n) is 21.0. The van der Waals surface area contributed by atoms with Gasteiger partial charge >= 0.3 is 35.0 Å². The van der Waals surface area contributed by atoms with Crippen LogP contribution in [0.3, 0.4) is 0 Å². The molecule has 0 unspecified atom stereocenters. The molecule has 0 spiro atoms. The molecule has 0 fully saturated rings. The first kappa shape index (κ1) is 31.2. The van der Waals surface area contributed by atoms with Crippen molar-refractivity contribution in [2.75, 3.05) is 6.61 Å². The topological polar surface area (TPSA) is 52.7 Å². The number of carbonyl (C=O) groups is 1. The van der Waals surface area contributed by atoms with E-state index in [4.69, 9.17) is 0 Å². The molecule has 0 atom stereocenters. The first-order valence-corrected chi connectivity index (χ1v) is 12.2. The number of halogens is 11.